The van der Waals surface area contributed by atoms with Gasteiger partial charge in [-0.25, -0.2) is 9.59 Å². The van der Waals surface area contributed by atoms with E-state index in [0.717, 1.165) is 11.5 Å². The van der Waals surface area contributed by atoms with Gasteiger partial charge in [-0.3, -0.25) is 0 Å². The first-order valence-corrected chi connectivity index (χ1v) is 10.8. The average molecular weight is 491 g/mol. The molecule has 186 valence electrons. The molecule has 0 fully saturated rings. The number of aromatic carboxylic acids is 1. The summed E-state index contributed by atoms with van der Waals surface area (Å²) in [5.41, 5.74) is -0.144. The highest BCUT2D eigenvalue weighted by Gasteiger charge is 2.17. The third-order valence-corrected chi connectivity index (χ3v) is 4.27. The molecule has 0 saturated carbocycles. The number of phenols is 1. The molecule has 0 saturated heterocycles. The van der Waals surface area contributed by atoms with Gasteiger partial charge in [0.25, 0.3) is 0 Å². The van der Waals surface area contributed by atoms with Crippen molar-refractivity contribution in [3.05, 3.63) is 120 Å². The Balaban J connectivity index is 0.000000232. The summed E-state index contributed by atoms with van der Waals surface area (Å²) in [5, 5.41) is 33.7. The number of esters is 1. The molecule has 0 amide bonds. The fourth-order valence-electron chi connectivity index (χ4n) is 2.65. The Hall–Kier alpha value is -4.66. The van der Waals surface area contributed by atoms with Crippen LogP contribution in [0.15, 0.2) is 109 Å². The lowest BCUT2D eigenvalue weighted by Crippen LogP contribution is -2.11. The van der Waals surface area contributed by atoms with Gasteiger partial charge < -0.3 is 29.9 Å². The lowest BCUT2D eigenvalue weighted by atomic mass is 10.2. The van der Waals surface area contributed by atoms with Gasteiger partial charge in [-0.05, 0) is 48.5 Å². The van der Waals surface area contributed by atoms with Crippen LogP contribution < -0.4 is 9.47 Å². The van der Waals surface area contributed by atoms with E-state index >= 15 is 0 Å². The summed E-state index contributed by atoms with van der Waals surface area (Å²) in [4.78, 5) is 22.8. The number of carbonyl (C=O) groups excluding carboxylic acids is 1. The van der Waals surface area contributed by atoms with E-state index in [0.29, 0.717) is 0 Å². The standard InChI is InChI=1S/C14H10O5.C12H10O.C2H6O2/c15-11-7-3-1-5-9(11)14(18)19-12-8-4-2-6-10(12)13(16)17;1-3-7-11(8-4-1)13-12-9-5-2-6-10-12;3-1-2-4/h1-8,15H,(H,16,17);1-10H;3-4H,1-2H2. The summed E-state index contributed by atoms with van der Waals surface area (Å²) >= 11 is 0. The lowest BCUT2D eigenvalue weighted by Gasteiger charge is -2.07. The average Bonchev–Trinajstić information content (AvgIpc) is 2.91. The van der Waals surface area contributed by atoms with E-state index in [-0.39, 0.29) is 35.8 Å². The van der Waals surface area contributed by atoms with Crippen LogP contribution >= 0.6 is 0 Å². The van der Waals surface area contributed by atoms with Gasteiger partial charge in [-0.2, -0.15) is 0 Å². The number of aliphatic hydroxyl groups excluding tert-OH is 2. The number of carboxylic acid groups (broad SMARTS) is 1. The fourth-order valence-corrected chi connectivity index (χ4v) is 2.65. The van der Waals surface area contributed by atoms with Crippen molar-refractivity contribution in [1.29, 1.82) is 0 Å². The molecule has 8 nitrogen and oxygen atoms in total. The maximum Gasteiger partial charge on any atom is 0.347 e. The molecular formula is C28H26O8. The number of para-hydroxylation sites is 4. The molecule has 0 aromatic heterocycles. The molecule has 0 atom stereocenters. The van der Waals surface area contributed by atoms with Gasteiger partial charge in [0.1, 0.15) is 34.1 Å². The quantitative estimate of drug-likeness (QED) is 0.225. The summed E-state index contributed by atoms with van der Waals surface area (Å²) < 4.78 is 10.6. The monoisotopic (exact) mass is 490 g/mol. The number of rotatable bonds is 6. The normalized spacial score (nSPS) is 9.50. The van der Waals surface area contributed by atoms with Gasteiger partial charge in [0.2, 0.25) is 0 Å². The summed E-state index contributed by atoms with van der Waals surface area (Å²) in [5.74, 6) is -0.557. The largest absolute Gasteiger partial charge is 0.507 e. The summed E-state index contributed by atoms with van der Waals surface area (Å²) in [6, 6.07) is 31.2. The molecule has 0 spiro atoms. The Bertz CT molecular complexity index is 1170. The molecule has 0 aliphatic heterocycles. The summed E-state index contributed by atoms with van der Waals surface area (Å²) in [7, 11) is 0. The van der Waals surface area contributed by atoms with Gasteiger partial charge in [0.15, 0.2) is 0 Å². The van der Waals surface area contributed by atoms with E-state index in [2.05, 4.69) is 0 Å². The van der Waals surface area contributed by atoms with Crippen molar-refractivity contribution in [3.8, 4) is 23.0 Å². The van der Waals surface area contributed by atoms with Gasteiger partial charge in [0, 0.05) is 0 Å². The molecule has 0 aliphatic carbocycles. The van der Waals surface area contributed by atoms with Crippen molar-refractivity contribution in [1.82, 2.24) is 0 Å². The number of hydrogen-bond acceptors (Lipinski definition) is 7. The molecule has 0 heterocycles. The minimum absolute atomic E-state index is 0.0253. The fraction of sp³-hybridized carbons (Fsp3) is 0.0714. The van der Waals surface area contributed by atoms with Gasteiger partial charge in [0.05, 0.1) is 13.2 Å². The predicted molar refractivity (Wildman–Crippen MR) is 134 cm³/mol. The number of ether oxygens (including phenoxy) is 2. The first kappa shape index (κ1) is 27.6. The second-order valence-corrected chi connectivity index (χ2v) is 6.88. The van der Waals surface area contributed by atoms with Crippen LogP contribution in [0.1, 0.15) is 20.7 Å². The SMILES string of the molecule is O=C(Oc1ccccc1C(=O)O)c1ccccc1O.OCCO.c1ccc(Oc2ccccc2)cc1. The molecule has 4 N–H and O–H groups in total. The molecule has 0 aliphatic rings. The van der Waals surface area contributed by atoms with Crippen LogP contribution in [0.3, 0.4) is 0 Å². The second-order valence-electron chi connectivity index (χ2n) is 6.88. The van der Waals surface area contributed by atoms with Crippen LogP contribution in [0.5, 0.6) is 23.0 Å². The number of aromatic hydroxyl groups is 1. The topological polar surface area (TPSA) is 134 Å². The minimum Gasteiger partial charge on any atom is -0.507 e. The molecule has 0 unspecified atom stereocenters. The molecule has 0 bridgehead atoms. The molecule has 4 rings (SSSR count). The number of aliphatic hydroxyl groups is 2. The third-order valence-electron chi connectivity index (χ3n) is 4.27. The zero-order valence-electron chi connectivity index (χ0n) is 19.2. The molecule has 0 radical (unpaired) electrons. The van der Waals surface area contributed by atoms with E-state index in [9.17, 15) is 14.7 Å². The Morgan fingerprint density at radius 3 is 1.53 bits per heavy atom. The molecule has 8 heteroatoms. The number of hydrogen-bond donors (Lipinski definition) is 4. The Kier molecular flexibility index (Phi) is 11.7. The highest BCUT2D eigenvalue weighted by atomic mass is 16.5. The minimum atomic E-state index is -1.19. The first-order chi connectivity index (χ1) is 17.5. The number of carbonyl (C=O) groups is 2. The summed E-state index contributed by atoms with van der Waals surface area (Å²) in [6.45, 7) is -0.250. The predicted octanol–water partition coefficient (Wildman–Crippen LogP) is 4.76. The maximum absolute atomic E-state index is 11.8. The van der Waals surface area contributed by atoms with Crippen molar-refractivity contribution < 1.29 is 39.5 Å². The van der Waals surface area contributed by atoms with E-state index < -0.39 is 11.9 Å². The Morgan fingerprint density at radius 2 is 1.06 bits per heavy atom. The van der Waals surface area contributed by atoms with Crippen molar-refractivity contribution in [2.75, 3.05) is 13.2 Å². The second kappa shape index (κ2) is 15.3. The van der Waals surface area contributed by atoms with Crippen molar-refractivity contribution in [2.45, 2.75) is 0 Å². The Morgan fingerprint density at radius 1 is 0.611 bits per heavy atom. The highest BCUT2D eigenvalue weighted by molar-refractivity contribution is 5.96. The molecule has 4 aromatic carbocycles. The molecular weight excluding hydrogens is 464 g/mol. The van der Waals surface area contributed by atoms with Gasteiger partial charge in [-0.15, -0.1) is 0 Å². The van der Waals surface area contributed by atoms with E-state index in [1.54, 1.807) is 18.2 Å². The molecule has 4 aromatic rings. The van der Waals surface area contributed by atoms with Crippen molar-refractivity contribution in [2.24, 2.45) is 0 Å². The van der Waals surface area contributed by atoms with E-state index in [4.69, 9.17) is 24.8 Å². The van der Waals surface area contributed by atoms with Crippen LogP contribution in [-0.2, 0) is 0 Å². The van der Waals surface area contributed by atoms with Crippen molar-refractivity contribution >= 4 is 11.9 Å². The maximum atomic E-state index is 11.8. The number of benzene rings is 4. The van der Waals surface area contributed by atoms with Gasteiger partial charge in [-0.1, -0.05) is 60.7 Å². The van der Waals surface area contributed by atoms with E-state index in [1.807, 2.05) is 60.7 Å². The van der Waals surface area contributed by atoms with Crippen molar-refractivity contribution in [3.63, 3.8) is 0 Å². The number of phenolic OH excluding ortho intramolecular Hbond substituents is 1. The molecule has 36 heavy (non-hydrogen) atoms. The van der Waals surface area contributed by atoms with Crippen LogP contribution in [-0.4, -0.2) is 45.6 Å². The summed E-state index contributed by atoms with van der Waals surface area (Å²) in [6.07, 6.45) is 0. The zero-order valence-corrected chi connectivity index (χ0v) is 19.2. The van der Waals surface area contributed by atoms with Crippen LogP contribution in [0.4, 0.5) is 0 Å². The smallest absolute Gasteiger partial charge is 0.347 e. The highest BCUT2D eigenvalue weighted by Crippen LogP contribution is 2.22. The number of carboxylic acids is 1. The van der Waals surface area contributed by atoms with Crippen LogP contribution in [0.25, 0.3) is 0 Å². The third kappa shape index (κ3) is 9.30. The Labute approximate surface area is 208 Å². The van der Waals surface area contributed by atoms with E-state index in [1.165, 1.54) is 30.3 Å². The first-order valence-electron chi connectivity index (χ1n) is 10.8. The zero-order chi connectivity index (χ0) is 26.2. The van der Waals surface area contributed by atoms with Gasteiger partial charge >= 0.3 is 11.9 Å². The van der Waals surface area contributed by atoms with Crippen LogP contribution in [0.2, 0.25) is 0 Å². The lowest BCUT2D eigenvalue weighted by molar-refractivity contribution is 0.0681. The van der Waals surface area contributed by atoms with Crippen LogP contribution in [0, 0.1) is 0 Å².